The van der Waals surface area contributed by atoms with Crippen molar-refractivity contribution in [2.45, 2.75) is 37.3 Å². The summed E-state index contributed by atoms with van der Waals surface area (Å²) in [5.41, 5.74) is 0.944. The minimum atomic E-state index is -3.40. The second-order valence-corrected chi connectivity index (χ2v) is 8.92. The Labute approximate surface area is 168 Å². The fraction of sp³-hybridized carbons (Fsp3) is 0.632. The van der Waals surface area contributed by atoms with E-state index in [1.54, 1.807) is 24.3 Å². The number of ether oxygens (including phenoxy) is 2. The van der Waals surface area contributed by atoms with Crippen LogP contribution in [-0.2, 0) is 26.0 Å². The van der Waals surface area contributed by atoms with Crippen molar-refractivity contribution in [3.63, 3.8) is 0 Å². The molecule has 158 valence electrons. The van der Waals surface area contributed by atoms with Gasteiger partial charge < -0.3 is 20.1 Å². The van der Waals surface area contributed by atoms with Crippen LogP contribution in [0, 0.1) is 0 Å². The van der Waals surface area contributed by atoms with E-state index < -0.39 is 10.0 Å². The molecule has 1 aliphatic rings. The normalized spacial score (nSPS) is 17.9. The van der Waals surface area contributed by atoms with Gasteiger partial charge in [0.05, 0.1) is 24.2 Å². The third kappa shape index (κ3) is 7.05. The molecule has 1 saturated heterocycles. The lowest BCUT2D eigenvalue weighted by atomic mass is 10.2. The molecule has 1 heterocycles. The number of benzene rings is 1. The average molecular weight is 413 g/mol. The van der Waals surface area contributed by atoms with Crippen LogP contribution < -0.4 is 10.6 Å². The summed E-state index contributed by atoms with van der Waals surface area (Å²) >= 11 is 0. The summed E-state index contributed by atoms with van der Waals surface area (Å²) in [4.78, 5) is 4.84. The first-order valence-electron chi connectivity index (χ1n) is 9.66. The van der Waals surface area contributed by atoms with Gasteiger partial charge in [-0.1, -0.05) is 12.1 Å². The number of sulfonamides is 1. The van der Waals surface area contributed by atoms with E-state index in [1.807, 2.05) is 6.92 Å². The maximum Gasteiger partial charge on any atom is 0.242 e. The fourth-order valence-electron chi connectivity index (χ4n) is 2.66. The number of aliphatic imine (C=N–C) groups is 1. The van der Waals surface area contributed by atoms with Gasteiger partial charge in [0.1, 0.15) is 0 Å². The predicted octanol–water partition coefficient (Wildman–Crippen LogP) is 1.19. The lowest BCUT2D eigenvalue weighted by Crippen LogP contribution is -2.38. The number of rotatable bonds is 10. The van der Waals surface area contributed by atoms with Gasteiger partial charge in [0, 0.05) is 40.4 Å². The van der Waals surface area contributed by atoms with E-state index >= 15 is 0 Å². The Balaban J connectivity index is 1.80. The summed E-state index contributed by atoms with van der Waals surface area (Å²) in [6.45, 7) is 6.20. The zero-order valence-electron chi connectivity index (χ0n) is 17.0. The standard InChI is InChI=1S/C19H32N4O4S/c1-4-20-19(21-11-5-12-27-17-10-13-26-15-17)22-14-16-6-8-18(9-7-16)28(24,25)23(2)3/h6-9,17H,4-5,10-15H2,1-3H3,(H2,20,21,22). The summed E-state index contributed by atoms with van der Waals surface area (Å²) in [6.07, 6.45) is 2.10. The highest BCUT2D eigenvalue weighted by Crippen LogP contribution is 2.14. The van der Waals surface area contributed by atoms with Gasteiger partial charge in [-0.2, -0.15) is 0 Å². The molecule has 0 amide bonds. The number of nitrogens with zero attached hydrogens (tertiary/aromatic N) is 2. The number of hydrogen-bond donors (Lipinski definition) is 2. The monoisotopic (exact) mass is 412 g/mol. The molecule has 1 aromatic rings. The number of guanidine groups is 1. The maximum absolute atomic E-state index is 12.1. The van der Waals surface area contributed by atoms with E-state index in [1.165, 1.54) is 18.4 Å². The molecule has 0 spiro atoms. The molecule has 1 atom stereocenters. The van der Waals surface area contributed by atoms with Crippen LogP contribution in [0.4, 0.5) is 0 Å². The summed E-state index contributed by atoms with van der Waals surface area (Å²) < 4.78 is 36.5. The molecule has 0 radical (unpaired) electrons. The lowest BCUT2D eigenvalue weighted by molar-refractivity contribution is 0.0420. The van der Waals surface area contributed by atoms with Gasteiger partial charge in [0.15, 0.2) is 5.96 Å². The van der Waals surface area contributed by atoms with Crippen LogP contribution in [0.5, 0.6) is 0 Å². The zero-order chi connectivity index (χ0) is 20.4. The fourth-order valence-corrected chi connectivity index (χ4v) is 3.56. The zero-order valence-corrected chi connectivity index (χ0v) is 17.8. The Hall–Kier alpha value is -1.68. The van der Waals surface area contributed by atoms with Crippen LogP contribution in [0.1, 0.15) is 25.3 Å². The van der Waals surface area contributed by atoms with Crippen molar-refractivity contribution in [3.8, 4) is 0 Å². The average Bonchev–Trinajstić information content (AvgIpc) is 3.19. The van der Waals surface area contributed by atoms with Crippen molar-refractivity contribution in [3.05, 3.63) is 29.8 Å². The largest absolute Gasteiger partial charge is 0.379 e. The number of hydrogen-bond acceptors (Lipinski definition) is 5. The van der Waals surface area contributed by atoms with Gasteiger partial charge in [-0.15, -0.1) is 0 Å². The van der Waals surface area contributed by atoms with Gasteiger partial charge in [-0.05, 0) is 37.5 Å². The van der Waals surface area contributed by atoms with E-state index in [2.05, 4.69) is 15.6 Å². The Morgan fingerprint density at radius 2 is 2.04 bits per heavy atom. The molecular weight excluding hydrogens is 380 g/mol. The first kappa shape index (κ1) is 22.6. The second kappa shape index (κ2) is 11.4. The summed E-state index contributed by atoms with van der Waals surface area (Å²) in [5, 5.41) is 6.50. The summed E-state index contributed by atoms with van der Waals surface area (Å²) in [6, 6.07) is 6.82. The molecule has 2 N–H and O–H groups in total. The van der Waals surface area contributed by atoms with Crippen molar-refractivity contribution in [2.24, 2.45) is 4.99 Å². The molecular formula is C19H32N4O4S. The highest BCUT2D eigenvalue weighted by atomic mass is 32.2. The topological polar surface area (TPSA) is 92.3 Å². The van der Waals surface area contributed by atoms with Gasteiger partial charge in [0.2, 0.25) is 10.0 Å². The van der Waals surface area contributed by atoms with Gasteiger partial charge in [-0.3, -0.25) is 0 Å². The molecule has 2 rings (SSSR count). The Morgan fingerprint density at radius 3 is 2.64 bits per heavy atom. The summed E-state index contributed by atoms with van der Waals surface area (Å²) in [5.74, 6) is 0.733. The van der Waals surface area contributed by atoms with Crippen molar-refractivity contribution in [1.82, 2.24) is 14.9 Å². The molecule has 1 fully saturated rings. The predicted molar refractivity (Wildman–Crippen MR) is 110 cm³/mol. The summed E-state index contributed by atoms with van der Waals surface area (Å²) in [7, 11) is -0.360. The van der Waals surface area contributed by atoms with Crippen LogP contribution in [0.2, 0.25) is 0 Å². The second-order valence-electron chi connectivity index (χ2n) is 6.76. The van der Waals surface area contributed by atoms with Gasteiger partial charge in [0.25, 0.3) is 0 Å². The van der Waals surface area contributed by atoms with Crippen molar-refractivity contribution >= 4 is 16.0 Å². The smallest absolute Gasteiger partial charge is 0.242 e. The molecule has 0 saturated carbocycles. The van der Waals surface area contributed by atoms with Crippen LogP contribution in [-0.4, -0.2) is 71.8 Å². The SMILES string of the molecule is CCNC(=NCc1ccc(S(=O)(=O)N(C)C)cc1)NCCCOC1CCOC1. The quantitative estimate of drug-likeness (QED) is 0.341. The Kier molecular flexibility index (Phi) is 9.17. The minimum absolute atomic E-state index is 0.237. The van der Waals surface area contributed by atoms with Crippen molar-refractivity contribution in [2.75, 3.05) is 47.0 Å². The van der Waals surface area contributed by atoms with E-state index in [4.69, 9.17) is 9.47 Å². The van der Waals surface area contributed by atoms with Gasteiger partial charge in [-0.25, -0.2) is 17.7 Å². The van der Waals surface area contributed by atoms with Crippen LogP contribution in [0.3, 0.4) is 0 Å². The highest BCUT2D eigenvalue weighted by Gasteiger charge is 2.16. The molecule has 1 unspecified atom stereocenters. The number of nitrogens with one attached hydrogen (secondary N) is 2. The third-order valence-corrected chi connectivity index (χ3v) is 6.15. The molecule has 0 bridgehead atoms. The Morgan fingerprint density at radius 1 is 1.29 bits per heavy atom. The molecule has 28 heavy (non-hydrogen) atoms. The molecule has 9 heteroatoms. The van der Waals surface area contributed by atoms with Crippen molar-refractivity contribution in [1.29, 1.82) is 0 Å². The van der Waals surface area contributed by atoms with E-state index in [0.717, 1.165) is 44.1 Å². The lowest BCUT2D eigenvalue weighted by Gasteiger charge is -2.13. The first-order valence-corrected chi connectivity index (χ1v) is 11.1. The van der Waals surface area contributed by atoms with E-state index in [0.29, 0.717) is 19.8 Å². The third-order valence-electron chi connectivity index (χ3n) is 4.32. The molecule has 1 aliphatic heterocycles. The maximum atomic E-state index is 12.1. The van der Waals surface area contributed by atoms with Crippen molar-refractivity contribution < 1.29 is 17.9 Å². The molecule has 0 aromatic heterocycles. The minimum Gasteiger partial charge on any atom is -0.379 e. The van der Waals surface area contributed by atoms with Gasteiger partial charge >= 0.3 is 0 Å². The first-order chi connectivity index (χ1) is 13.4. The molecule has 1 aromatic carbocycles. The molecule has 0 aliphatic carbocycles. The Bertz CT molecular complexity index is 714. The van der Waals surface area contributed by atoms with Crippen LogP contribution in [0.15, 0.2) is 34.2 Å². The highest BCUT2D eigenvalue weighted by molar-refractivity contribution is 7.89. The van der Waals surface area contributed by atoms with Crippen LogP contribution in [0.25, 0.3) is 0 Å². The van der Waals surface area contributed by atoms with E-state index in [9.17, 15) is 8.42 Å². The molecule has 8 nitrogen and oxygen atoms in total. The van der Waals surface area contributed by atoms with E-state index in [-0.39, 0.29) is 11.0 Å². The van der Waals surface area contributed by atoms with Crippen LogP contribution >= 0.6 is 0 Å².